The van der Waals surface area contributed by atoms with Gasteiger partial charge in [-0.2, -0.15) is 0 Å². The van der Waals surface area contributed by atoms with E-state index >= 15 is 0 Å². The number of hydrogen-bond donors (Lipinski definition) is 2. The molecule has 0 amide bonds. The van der Waals surface area contributed by atoms with E-state index in [0.29, 0.717) is 17.9 Å². The Bertz CT molecular complexity index is 656. The summed E-state index contributed by atoms with van der Waals surface area (Å²) in [6, 6.07) is 6.22. The van der Waals surface area contributed by atoms with Crippen LogP contribution in [0.3, 0.4) is 0 Å². The number of nitrogens with zero attached hydrogens (tertiary/aromatic N) is 2. The number of methoxy groups -OCH3 is 1. The molecule has 0 fully saturated rings. The second kappa shape index (κ2) is 6.47. The van der Waals surface area contributed by atoms with Gasteiger partial charge >= 0.3 is 11.9 Å². The van der Waals surface area contributed by atoms with Gasteiger partial charge in [0.05, 0.1) is 12.7 Å². The maximum absolute atomic E-state index is 11.4. The molecule has 2 rings (SSSR count). The Balaban J connectivity index is 2.02. The number of ether oxygens (including phenoxy) is 1. The first-order chi connectivity index (χ1) is 10.1. The third-order valence-corrected chi connectivity index (χ3v) is 2.70. The lowest BCUT2D eigenvalue weighted by molar-refractivity contribution is 0.0599. The molecule has 0 bridgehead atoms. The van der Waals surface area contributed by atoms with Crippen molar-refractivity contribution in [3.8, 4) is 0 Å². The van der Waals surface area contributed by atoms with Crippen LogP contribution in [0.1, 0.15) is 26.4 Å². The third-order valence-electron chi connectivity index (χ3n) is 2.70. The maximum Gasteiger partial charge on any atom is 0.354 e. The normalized spacial score (nSPS) is 9.95. The number of esters is 1. The molecule has 0 aliphatic carbocycles. The summed E-state index contributed by atoms with van der Waals surface area (Å²) in [7, 11) is 1.31. The fourth-order valence-corrected chi connectivity index (χ4v) is 1.62. The Morgan fingerprint density at radius 3 is 2.71 bits per heavy atom. The molecule has 0 aliphatic heterocycles. The molecule has 0 spiro atoms. The van der Waals surface area contributed by atoms with E-state index in [1.165, 1.54) is 25.6 Å². The molecule has 0 aromatic carbocycles. The van der Waals surface area contributed by atoms with Crippen LogP contribution in [0.15, 0.2) is 36.7 Å². The van der Waals surface area contributed by atoms with Gasteiger partial charge in [0.25, 0.3) is 0 Å². The van der Waals surface area contributed by atoms with Crippen molar-refractivity contribution in [3.63, 3.8) is 0 Å². The summed E-state index contributed by atoms with van der Waals surface area (Å²) in [5, 5.41) is 11.8. The predicted octanol–water partition coefficient (Wildman–Crippen LogP) is 1.57. The largest absolute Gasteiger partial charge is 0.477 e. The van der Waals surface area contributed by atoms with Gasteiger partial charge < -0.3 is 15.2 Å². The Morgan fingerprint density at radius 1 is 1.29 bits per heavy atom. The van der Waals surface area contributed by atoms with Crippen molar-refractivity contribution in [2.45, 2.75) is 6.54 Å². The lowest BCUT2D eigenvalue weighted by Gasteiger charge is -2.07. The minimum absolute atomic E-state index is 0.00966. The van der Waals surface area contributed by atoms with Crippen LogP contribution in [0.2, 0.25) is 0 Å². The maximum atomic E-state index is 11.4. The van der Waals surface area contributed by atoms with E-state index in [4.69, 9.17) is 5.11 Å². The minimum atomic E-state index is -1.07. The highest BCUT2D eigenvalue weighted by Crippen LogP contribution is 2.10. The zero-order valence-electron chi connectivity index (χ0n) is 11.2. The van der Waals surface area contributed by atoms with Crippen LogP contribution in [0, 0.1) is 0 Å². The first-order valence-corrected chi connectivity index (χ1v) is 6.06. The Labute approximate surface area is 120 Å². The second-order valence-corrected chi connectivity index (χ2v) is 4.13. The summed E-state index contributed by atoms with van der Waals surface area (Å²) in [5.41, 5.74) is 1.18. The van der Waals surface area contributed by atoms with Crippen LogP contribution in [-0.4, -0.2) is 34.1 Å². The van der Waals surface area contributed by atoms with Crippen LogP contribution in [0.4, 0.5) is 5.82 Å². The average Bonchev–Trinajstić information content (AvgIpc) is 2.52. The molecule has 0 saturated heterocycles. The molecule has 0 atom stereocenters. The first kappa shape index (κ1) is 14.4. The lowest BCUT2D eigenvalue weighted by atomic mass is 10.2. The van der Waals surface area contributed by atoms with Crippen molar-refractivity contribution in [2.24, 2.45) is 0 Å². The average molecular weight is 287 g/mol. The second-order valence-electron chi connectivity index (χ2n) is 4.13. The van der Waals surface area contributed by atoms with Gasteiger partial charge in [0.1, 0.15) is 11.5 Å². The van der Waals surface area contributed by atoms with E-state index < -0.39 is 11.9 Å². The standard InChI is InChI=1S/C14H13N3O4/c1-21-14(20)10-4-5-15-12(6-10)17-8-9-2-3-11(13(18)19)16-7-9/h2-7H,8H2,1H3,(H,15,17)(H,18,19). The molecule has 7 heteroatoms. The quantitative estimate of drug-likeness (QED) is 0.805. The summed E-state index contributed by atoms with van der Waals surface area (Å²) in [6.45, 7) is 0.407. The molecule has 21 heavy (non-hydrogen) atoms. The van der Waals surface area contributed by atoms with Crippen LogP contribution >= 0.6 is 0 Å². The number of rotatable bonds is 5. The van der Waals surface area contributed by atoms with Crippen molar-refractivity contribution in [2.75, 3.05) is 12.4 Å². The van der Waals surface area contributed by atoms with Crippen molar-refractivity contribution in [1.29, 1.82) is 0 Å². The van der Waals surface area contributed by atoms with Gasteiger partial charge in [0.2, 0.25) is 0 Å². The number of aromatic nitrogens is 2. The summed E-state index contributed by atoms with van der Waals surface area (Å²) in [6.07, 6.45) is 2.97. The number of carbonyl (C=O) groups excluding carboxylic acids is 1. The zero-order valence-corrected chi connectivity index (χ0v) is 11.2. The smallest absolute Gasteiger partial charge is 0.354 e. The number of pyridine rings is 2. The SMILES string of the molecule is COC(=O)c1ccnc(NCc2ccc(C(=O)O)nc2)c1. The number of hydrogen-bond acceptors (Lipinski definition) is 6. The molecule has 0 unspecified atom stereocenters. The molecule has 2 N–H and O–H groups in total. The van der Waals surface area contributed by atoms with Gasteiger partial charge in [-0.25, -0.2) is 19.6 Å². The number of nitrogens with one attached hydrogen (secondary N) is 1. The van der Waals surface area contributed by atoms with Crippen LogP contribution in [0.5, 0.6) is 0 Å². The highest BCUT2D eigenvalue weighted by Gasteiger charge is 2.07. The van der Waals surface area contributed by atoms with E-state index in [0.717, 1.165) is 5.56 Å². The minimum Gasteiger partial charge on any atom is -0.477 e. The molecule has 2 aromatic rings. The molecule has 0 aliphatic rings. The Kier molecular flexibility index (Phi) is 4.45. The number of carboxylic acid groups (broad SMARTS) is 1. The zero-order chi connectivity index (χ0) is 15.2. The lowest BCUT2D eigenvalue weighted by Crippen LogP contribution is -2.06. The first-order valence-electron chi connectivity index (χ1n) is 6.06. The molecule has 2 heterocycles. The monoisotopic (exact) mass is 287 g/mol. The summed E-state index contributed by atoms with van der Waals surface area (Å²) in [4.78, 5) is 30.0. The molecule has 0 radical (unpaired) electrons. The van der Waals surface area contributed by atoms with Gasteiger partial charge in [-0.15, -0.1) is 0 Å². The van der Waals surface area contributed by atoms with Crippen molar-refractivity contribution >= 4 is 17.8 Å². The number of carbonyl (C=O) groups is 2. The van der Waals surface area contributed by atoms with Crippen LogP contribution < -0.4 is 5.32 Å². The van der Waals surface area contributed by atoms with E-state index in [-0.39, 0.29) is 5.69 Å². The van der Waals surface area contributed by atoms with Crippen molar-refractivity contribution in [1.82, 2.24) is 9.97 Å². The highest BCUT2D eigenvalue weighted by molar-refractivity contribution is 5.90. The molecular formula is C14H13N3O4. The molecule has 2 aromatic heterocycles. The molecule has 0 saturated carbocycles. The number of aromatic carboxylic acids is 1. The van der Waals surface area contributed by atoms with Gasteiger partial charge in [-0.05, 0) is 23.8 Å². The fourth-order valence-electron chi connectivity index (χ4n) is 1.62. The van der Waals surface area contributed by atoms with Gasteiger partial charge in [0.15, 0.2) is 0 Å². The van der Waals surface area contributed by atoms with Gasteiger partial charge in [0, 0.05) is 18.9 Å². The summed E-state index contributed by atoms with van der Waals surface area (Å²) < 4.78 is 4.63. The number of carboxylic acids is 1. The third kappa shape index (κ3) is 3.75. The van der Waals surface area contributed by atoms with E-state index in [2.05, 4.69) is 20.0 Å². The van der Waals surface area contributed by atoms with E-state index in [1.54, 1.807) is 18.2 Å². The Morgan fingerprint density at radius 2 is 2.10 bits per heavy atom. The van der Waals surface area contributed by atoms with Crippen molar-refractivity contribution in [3.05, 3.63) is 53.5 Å². The highest BCUT2D eigenvalue weighted by atomic mass is 16.5. The van der Waals surface area contributed by atoms with Crippen LogP contribution in [0.25, 0.3) is 0 Å². The summed E-state index contributed by atoms with van der Waals surface area (Å²) >= 11 is 0. The van der Waals surface area contributed by atoms with E-state index in [1.807, 2.05) is 0 Å². The molecule has 7 nitrogen and oxygen atoms in total. The van der Waals surface area contributed by atoms with Crippen molar-refractivity contribution < 1.29 is 19.4 Å². The molecular weight excluding hydrogens is 274 g/mol. The summed E-state index contributed by atoms with van der Waals surface area (Å²) in [5.74, 6) is -0.991. The fraction of sp³-hybridized carbons (Fsp3) is 0.143. The Hall–Kier alpha value is -2.96. The van der Waals surface area contributed by atoms with E-state index in [9.17, 15) is 9.59 Å². The number of anilines is 1. The topological polar surface area (TPSA) is 101 Å². The van der Waals surface area contributed by atoms with Gasteiger partial charge in [-0.1, -0.05) is 6.07 Å². The predicted molar refractivity (Wildman–Crippen MR) is 74.1 cm³/mol. The van der Waals surface area contributed by atoms with Crippen LogP contribution in [-0.2, 0) is 11.3 Å². The molecule has 108 valence electrons. The van der Waals surface area contributed by atoms with Gasteiger partial charge in [-0.3, -0.25) is 0 Å².